The maximum atomic E-state index is 5.46. The van der Waals surface area contributed by atoms with E-state index in [4.69, 9.17) is 4.74 Å². The molecule has 3 heteroatoms. The van der Waals surface area contributed by atoms with Gasteiger partial charge in [0.05, 0.1) is 6.10 Å². The zero-order valence-corrected chi connectivity index (χ0v) is 8.54. The minimum absolute atomic E-state index is 0. The lowest BCUT2D eigenvalue weighted by molar-refractivity contribution is 0.103. The molecular weight excluding hydrogens is 162 g/mol. The van der Waals surface area contributed by atoms with Crippen LogP contribution in [0.1, 0.15) is 33.6 Å². The van der Waals surface area contributed by atoms with Crippen molar-refractivity contribution in [1.82, 2.24) is 6.15 Å². The van der Waals surface area contributed by atoms with Gasteiger partial charge < -0.3 is 10.9 Å². The Morgan fingerprint density at radius 3 is 2.27 bits per heavy atom. The van der Waals surface area contributed by atoms with Crippen LogP contribution in [0.3, 0.4) is 0 Å². The molecule has 0 aliphatic heterocycles. The van der Waals surface area contributed by atoms with Crippen LogP contribution in [0.5, 0.6) is 0 Å². The van der Waals surface area contributed by atoms with E-state index in [1.165, 1.54) is 12.8 Å². The second-order valence-corrected chi connectivity index (χ2v) is 3.16. The third-order valence-corrected chi connectivity index (χ3v) is 2.44. The molecule has 1 saturated carbocycles. The number of halogens is 1. The summed E-state index contributed by atoms with van der Waals surface area (Å²) in [6.07, 6.45) is 3.11. The van der Waals surface area contributed by atoms with E-state index < -0.39 is 0 Å². The topological polar surface area (TPSA) is 44.2 Å². The van der Waals surface area contributed by atoms with Crippen LogP contribution in [0.25, 0.3) is 0 Å². The molecule has 1 rings (SSSR count). The summed E-state index contributed by atoms with van der Waals surface area (Å²) < 4.78 is 5.46. The molecule has 11 heavy (non-hydrogen) atoms. The zero-order chi connectivity index (χ0) is 6.91. The van der Waals surface area contributed by atoms with Crippen molar-refractivity contribution in [2.45, 2.75) is 39.7 Å². The van der Waals surface area contributed by atoms with Gasteiger partial charge >= 0.3 is 0 Å². The van der Waals surface area contributed by atoms with Gasteiger partial charge in [-0.05, 0) is 25.2 Å². The predicted molar refractivity (Wildman–Crippen MR) is 50.7 cm³/mol. The summed E-state index contributed by atoms with van der Waals surface area (Å²) in [6, 6.07) is 0. The molecule has 0 aromatic carbocycles. The standard InChI is InChI=1S/C8H16O.ClH.H3N/c1-4-8(3)6-7(8)9-5-2;;/h7H,4-6H2,1-3H3;1H;1H3/t7-,8?;;/m1../s1. The van der Waals surface area contributed by atoms with Crippen LogP contribution in [-0.4, -0.2) is 12.7 Å². The summed E-state index contributed by atoms with van der Waals surface area (Å²) >= 11 is 0. The molecule has 0 amide bonds. The van der Waals surface area contributed by atoms with E-state index in [2.05, 4.69) is 20.8 Å². The summed E-state index contributed by atoms with van der Waals surface area (Å²) in [4.78, 5) is 0. The lowest BCUT2D eigenvalue weighted by Crippen LogP contribution is -2.03. The van der Waals surface area contributed by atoms with E-state index >= 15 is 0 Å². The highest BCUT2D eigenvalue weighted by Gasteiger charge is 2.49. The first kappa shape index (κ1) is 13.8. The van der Waals surface area contributed by atoms with Gasteiger partial charge in [0, 0.05) is 6.61 Å². The number of hydrogen-bond acceptors (Lipinski definition) is 2. The molecule has 70 valence electrons. The van der Waals surface area contributed by atoms with Crippen LogP contribution in [0.4, 0.5) is 0 Å². The van der Waals surface area contributed by atoms with Crippen molar-refractivity contribution < 1.29 is 4.74 Å². The van der Waals surface area contributed by atoms with Crippen LogP contribution in [-0.2, 0) is 4.74 Å². The van der Waals surface area contributed by atoms with E-state index in [0.29, 0.717) is 11.5 Å². The number of hydrogen-bond donors (Lipinski definition) is 1. The minimum Gasteiger partial charge on any atom is -0.378 e. The SMILES string of the molecule is CCO[C@@H]1CC1(C)CC.Cl.N. The van der Waals surface area contributed by atoms with Crippen LogP contribution >= 0.6 is 12.4 Å². The maximum Gasteiger partial charge on any atom is 0.0635 e. The Bertz CT molecular complexity index is 108. The van der Waals surface area contributed by atoms with E-state index in [1.54, 1.807) is 0 Å². The molecule has 3 N–H and O–H groups in total. The molecule has 1 aliphatic rings. The van der Waals surface area contributed by atoms with Crippen molar-refractivity contribution >= 4 is 12.4 Å². The van der Waals surface area contributed by atoms with Gasteiger partial charge in [0.25, 0.3) is 0 Å². The quantitative estimate of drug-likeness (QED) is 0.728. The highest BCUT2D eigenvalue weighted by atomic mass is 35.5. The van der Waals surface area contributed by atoms with Crippen molar-refractivity contribution in [2.24, 2.45) is 5.41 Å². The first-order chi connectivity index (χ1) is 4.23. The smallest absolute Gasteiger partial charge is 0.0635 e. The average molecular weight is 182 g/mol. The van der Waals surface area contributed by atoms with Gasteiger partial charge in [-0.15, -0.1) is 12.4 Å². The lowest BCUT2D eigenvalue weighted by atomic mass is 10.1. The van der Waals surface area contributed by atoms with Gasteiger partial charge in [0.1, 0.15) is 0 Å². The molecule has 0 spiro atoms. The van der Waals surface area contributed by atoms with E-state index in [9.17, 15) is 0 Å². The van der Waals surface area contributed by atoms with Crippen LogP contribution in [0.15, 0.2) is 0 Å². The van der Waals surface area contributed by atoms with Gasteiger partial charge in [-0.1, -0.05) is 13.8 Å². The Morgan fingerprint density at radius 1 is 1.45 bits per heavy atom. The Kier molecular flexibility index (Phi) is 6.22. The molecule has 2 nitrogen and oxygen atoms in total. The van der Waals surface area contributed by atoms with E-state index in [1.807, 2.05) is 0 Å². The van der Waals surface area contributed by atoms with E-state index in [-0.39, 0.29) is 18.6 Å². The fourth-order valence-corrected chi connectivity index (χ4v) is 1.20. The molecule has 1 aliphatic carbocycles. The minimum atomic E-state index is 0. The van der Waals surface area contributed by atoms with Gasteiger partial charge in [-0.25, -0.2) is 0 Å². The normalized spacial score (nSPS) is 33.5. The van der Waals surface area contributed by atoms with Gasteiger partial charge in [-0.2, -0.15) is 0 Å². The molecule has 0 aromatic rings. The molecular formula is C8H20ClNO. The summed E-state index contributed by atoms with van der Waals surface area (Å²) in [6.45, 7) is 7.47. The summed E-state index contributed by atoms with van der Waals surface area (Å²) in [7, 11) is 0. The monoisotopic (exact) mass is 181 g/mol. The first-order valence-electron chi connectivity index (χ1n) is 3.84. The first-order valence-corrected chi connectivity index (χ1v) is 3.84. The maximum absolute atomic E-state index is 5.46. The summed E-state index contributed by atoms with van der Waals surface area (Å²) in [5.41, 5.74) is 0.538. The molecule has 0 radical (unpaired) electrons. The zero-order valence-electron chi connectivity index (χ0n) is 7.72. The molecule has 0 aromatic heterocycles. The predicted octanol–water partition coefficient (Wildman–Crippen LogP) is 2.80. The molecule has 0 bridgehead atoms. The van der Waals surface area contributed by atoms with Gasteiger partial charge in [-0.3, -0.25) is 0 Å². The average Bonchev–Trinajstić information content (AvgIpc) is 2.46. The van der Waals surface area contributed by atoms with Crippen molar-refractivity contribution in [2.75, 3.05) is 6.61 Å². The Hall–Kier alpha value is 0.210. The van der Waals surface area contributed by atoms with Crippen LogP contribution < -0.4 is 6.15 Å². The largest absolute Gasteiger partial charge is 0.378 e. The highest BCUT2D eigenvalue weighted by Crippen LogP contribution is 2.50. The van der Waals surface area contributed by atoms with Gasteiger partial charge in [0.15, 0.2) is 0 Å². The third kappa shape index (κ3) is 2.97. The fraction of sp³-hybridized carbons (Fsp3) is 1.00. The van der Waals surface area contributed by atoms with Crippen molar-refractivity contribution in [3.05, 3.63) is 0 Å². The Labute approximate surface area is 75.7 Å². The summed E-state index contributed by atoms with van der Waals surface area (Å²) in [5.74, 6) is 0. The Morgan fingerprint density at radius 2 is 2.00 bits per heavy atom. The van der Waals surface area contributed by atoms with Crippen molar-refractivity contribution in [3.63, 3.8) is 0 Å². The molecule has 0 heterocycles. The Balaban J connectivity index is 0. The second-order valence-electron chi connectivity index (χ2n) is 3.16. The molecule has 1 unspecified atom stereocenters. The second kappa shape index (κ2) is 4.96. The van der Waals surface area contributed by atoms with Crippen molar-refractivity contribution in [3.8, 4) is 0 Å². The summed E-state index contributed by atoms with van der Waals surface area (Å²) in [5, 5.41) is 0. The van der Waals surface area contributed by atoms with Crippen LogP contribution in [0, 0.1) is 5.41 Å². The van der Waals surface area contributed by atoms with Gasteiger partial charge in [0.2, 0.25) is 0 Å². The molecule has 1 fully saturated rings. The van der Waals surface area contributed by atoms with Crippen molar-refractivity contribution in [1.29, 1.82) is 0 Å². The fourth-order valence-electron chi connectivity index (χ4n) is 1.20. The highest BCUT2D eigenvalue weighted by molar-refractivity contribution is 5.85. The number of rotatable bonds is 3. The van der Waals surface area contributed by atoms with E-state index in [0.717, 1.165) is 6.61 Å². The van der Waals surface area contributed by atoms with Crippen LogP contribution in [0.2, 0.25) is 0 Å². The molecule has 0 saturated heterocycles. The third-order valence-electron chi connectivity index (χ3n) is 2.44. The molecule has 2 atom stereocenters. The lowest BCUT2D eigenvalue weighted by Gasteiger charge is -2.05. The number of ether oxygens (including phenoxy) is 1.